The highest BCUT2D eigenvalue weighted by molar-refractivity contribution is 5.45. The van der Waals surface area contributed by atoms with E-state index in [1.807, 2.05) is 0 Å². The first kappa shape index (κ1) is 31.1. The number of alkyl halides is 6. The van der Waals surface area contributed by atoms with Crippen LogP contribution in [0.1, 0.15) is 41.4 Å². The van der Waals surface area contributed by atoms with E-state index in [4.69, 9.17) is 4.74 Å². The first-order valence-corrected chi connectivity index (χ1v) is 13.6. The molecule has 44 heavy (non-hydrogen) atoms. The van der Waals surface area contributed by atoms with Gasteiger partial charge in [0.2, 0.25) is 0 Å². The summed E-state index contributed by atoms with van der Waals surface area (Å²) in [5, 5.41) is 15.4. The Morgan fingerprint density at radius 3 is 1.55 bits per heavy atom. The summed E-state index contributed by atoms with van der Waals surface area (Å²) >= 11 is 0. The average molecular weight is 620 g/mol. The van der Waals surface area contributed by atoms with E-state index in [0.717, 1.165) is 24.3 Å². The molecule has 0 spiro atoms. The SMILES string of the molecule is OC1(C(c2ccc(Oc3ncccn3)cc2)C(c2ccc(OC(F)(F)F)cc2)c2ccc(OC(F)(F)F)cc2)CCNCC1. The third-order valence-corrected chi connectivity index (χ3v) is 7.32. The first-order chi connectivity index (χ1) is 20.9. The lowest BCUT2D eigenvalue weighted by Crippen LogP contribution is -2.48. The van der Waals surface area contributed by atoms with Crippen LogP contribution in [0.15, 0.2) is 91.3 Å². The van der Waals surface area contributed by atoms with Crippen molar-refractivity contribution in [1.29, 1.82) is 0 Å². The number of ether oxygens (including phenoxy) is 3. The molecule has 0 radical (unpaired) electrons. The molecule has 13 heteroatoms. The molecule has 1 aromatic heterocycles. The predicted molar refractivity (Wildman–Crippen MR) is 146 cm³/mol. The van der Waals surface area contributed by atoms with Gasteiger partial charge in [0.15, 0.2) is 0 Å². The van der Waals surface area contributed by atoms with E-state index in [2.05, 4.69) is 24.8 Å². The maximum atomic E-state index is 12.9. The maximum absolute atomic E-state index is 12.9. The molecule has 0 aliphatic carbocycles. The molecule has 0 amide bonds. The Morgan fingerprint density at radius 1 is 0.659 bits per heavy atom. The standard InChI is InChI=1S/C31H27F6N3O4/c32-30(33,34)43-24-10-2-20(3-11-24)26(21-4-12-25(13-5-21)44-31(35,36)37)27(29(41)14-18-38-19-15-29)22-6-8-23(9-7-22)42-28-39-16-1-17-40-28/h1-13,16-17,26-27,38,41H,14-15,18-19H2. The van der Waals surface area contributed by atoms with Crippen molar-refractivity contribution in [3.8, 4) is 23.3 Å². The highest BCUT2D eigenvalue weighted by Gasteiger charge is 2.44. The first-order valence-electron chi connectivity index (χ1n) is 13.6. The minimum atomic E-state index is -4.89. The van der Waals surface area contributed by atoms with Crippen molar-refractivity contribution >= 4 is 0 Å². The van der Waals surface area contributed by atoms with E-state index in [1.54, 1.807) is 30.3 Å². The van der Waals surface area contributed by atoms with Crippen LogP contribution in [0.25, 0.3) is 0 Å². The molecule has 3 aromatic carbocycles. The van der Waals surface area contributed by atoms with Gasteiger partial charge in [-0.2, -0.15) is 0 Å². The second kappa shape index (κ2) is 12.7. The van der Waals surface area contributed by atoms with Crippen molar-refractivity contribution in [2.45, 2.75) is 43.0 Å². The summed E-state index contributed by atoms with van der Waals surface area (Å²) in [5.74, 6) is -1.83. The van der Waals surface area contributed by atoms with E-state index in [1.165, 1.54) is 36.7 Å². The van der Waals surface area contributed by atoms with Crippen LogP contribution in [0.3, 0.4) is 0 Å². The van der Waals surface area contributed by atoms with E-state index in [0.29, 0.717) is 48.4 Å². The minimum absolute atomic E-state index is 0.133. The van der Waals surface area contributed by atoms with Crippen LogP contribution in [0.2, 0.25) is 0 Å². The largest absolute Gasteiger partial charge is 0.573 e. The van der Waals surface area contributed by atoms with Gasteiger partial charge in [0.1, 0.15) is 17.2 Å². The van der Waals surface area contributed by atoms with Crippen LogP contribution >= 0.6 is 0 Å². The third-order valence-electron chi connectivity index (χ3n) is 7.32. The quantitative estimate of drug-likeness (QED) is 0.194. The molecule has 0 bridgehead atoms. The number of aromatic nitrogens is 2. The fraction of sp³-hybridized carbons (Fsp3) is 0.290. The highest BCUT2D eigenvalue weighted by atomic mass is 19.4. The van der Waals surface area contributed by atoms with Crippen LogP contribution in [-0.2, 0) is 0 Å². The zero-order valence-corrected chi connectivity index (χ0v) is 23.0. The van der Waals surface area contributed by atoms with Crippen LogP contribution < -0.4 is 19.5 Å². The number of aliphatic hydroxyl groups is 1. The Kier molecular flexibility index (Phi) is 8.97. The summed E-state index contributed by atoms with van der Waals surface area (Å²) in [5.41, 5.74) is 0.397. The maximum Gasteiger partial charge on any atom is 0.573 e. The number of benzene rings is 3. The molecule has 1 unspecified atom stereocenters. The second-order valence-corrected chi connectivity index (χ2v) is 10.2. The number of rotatable bonds is 9. The molecule has 2 heterocycles. The summed E-state index contributed by atoms with van der Waals surface area (Å²) in [6.45, 7) is 1.01. The molecule has 4 aromatic rings. The van der Waals surface area contributed by atoms with Crippen molar-refractivity contribution in [3.05, 3.63) is 108 Å². The van der Waals surface area contributed by atoms with Gasteiger partial charge in [0.05, 0.1) is 5.60 Å². The van der Waals surface area contributed by atoms with E-state index >= 15 is 0 Å². The highest BCUT2D eigenvalue weighted by Crippen LogP contribution is 2.49. The Labute approximate surface area is 248 Å². The summed E-state index contributed by atoms with van der Waals surface area (Å²) in [7, 11) is 0. The summed E-state index contributed by atoms with van der Waals surface area (Å²) < 4.78 is 91.0. The molecule has 1 atom stereocenters. The lowest BCUT2D eigenvalue weighted by Gasteiger charge is -2.44. The Morgan fingerprint density at radius 2 is 1.09 bits per heavy atom. The number of halogens is 6. The van der Waals surface area contributed by atoms with E-state index in [9.17, 15) is 31.4 Å². The van der Waals surface area contributed by atoms with Gasteiger partial charge in [0, 0.05) is 24.2 Å². The molecular weight excluding hydrogens is 592 g/mol. The molecule has 1 fully saturated rings. The van der Waals surface area contributed by atoms with Crippen molar-refractivity contribution in [2.75, 3.05) is 13.1 Å². The monoisotopic (exact) mass is 619 g/mol. The van der Waals surface area contributed by atoms with Gasteiger partial charge >= 0.3 is 18.7 Å². The second-order valence-electron chi connectivity index (χ2n) is 10.2. The molecule has 1 saturated heterocycles. The summed E-state index contributed by atoms with van der Waals surface area (Å²) in [4.78, 5) is 8.08. The molecular formula is C31H27F6N3O4. The summed E-state index contributed by atoms with van der Waals surface area (Å²) in [6, 6.07) is 19.1. The Hall–Kier alpha value is -4.36. The molecule has 0 saturated carbocycles. The molecule has 7 nitrogen and oxygen atoms in total. The molecule has 1 aliphatic heterocycles. The Balaban J connectivity index is 1.58. The number of piperidine rings is 1. The Bertz CT molecular complexity index is 1430. The van der Waals surface area contributed by atoms with Crippen molar-refractivity contribution in [1.82, 2.24) is 15.3 Å². The van der Waals surface area contributed by atoms with E-state index < -0.39 is 41.7 Å². The molecule has 5 rings (SSSR count). The third kappa shape index (κ3) is 7.97. The van der Waals surface area contributed by atoms with Gasteiger partial charge in [-0.25, -0.2) is 9.97 Å². The number of hydrogen-bond donors (Lipinski definition) is 2. The molecule has 2 N–H and O–H groups in total. The van der Waals surface area contributed by atoms with Crippen LogP contribution in [0.5, 0.6) is 23.3 Å². The van der Waals surface area contributed by atoms with Gasteiger partial charge in [-0.15, -0.1) is 26.3 Å². The van der Waals surface area contributed by atoms with Gasteiger partial charge in [0.25, 0.3) is 0 Å². The van der Waals surface area contributed by atoms with Gasteiger partial charge in [-0.1, -0.05) is 36.4 Å². The van der Waals surface area contributed by atoms with Crippen LogP contribution in [0, 0.1) is 0 Å². The van der Waals surface area contributed by atoms with Gasteiger partial charge < -0.3 is 24.6 Å². The lowest BCUT2D eigenvalue weighted by atomic mass is 9.66. The van der Waals surface area contributed by atoms with E-state index in [-0.39, 0.29) is 6.01 Å². The number of hydrogen-bond acceptors (Lipinski definition) is 7. The van der Waals surface area contributed by atoms with Gasteiger partial charge in [-0.05, 0) is 85.1 Å². The average Bonchev–Trinajstić information content (AvgIpc) is 2.97. The van der Waals surface area contributed by atoms with Crippen molar-refractivity contribution < 1.29 is 45.7 Å². The molecule has 232 valence electrons. The van der Waals surface area contributed by atoms with Gasteiger partial charge in [-0.3, -0.25) is 0 Å². The summed E-state index contributed by atoms with van der Waals surface area (Å²) in [6.07, 6.45) is -6.04. The van der Waals surface area contributed by atoms with Crippen LogP contribution in [0.4, 0.5) is 26.3 Å². The zero-order valence-electron chi connectivity index (χ0n) is 23.0. The molecule has 1 aliphatic rings. The number of nitrogens with one attached hydrogen (secondary N) is 1. The fourth-order valence-electron chi connectivity index (χ4n) is 5.50. The zero-order chi connectivity index (χ0) is 31.4. The minimum Gasteiger partial charge on any atom is -0.424 e. The smallest absolute Gasteiger partial charge is 0.424 e. The fourth-order valence-corrected chi connectivity index (χ4v) is 5.50. The van der Waals surface area contributed by atoms with Crippen LogP contribution in [-0.4, -0.2) is 46.5 Å². The normalized spacial score (nSPS) is 15.9. The topological polar surface area (TPSA) is 85.7 Å². The number of nitrogens with zero attached hydrogens (tertiary/aromatic N) is 2. The predicted octanol–water partition coefficient (Wildman–Crippen LogP) is 7.10. The van der Waals surface area contributed by atoms with Crippen molar-refractivity contribution in [3.63, 3.8) is 0 Å². The van der Waals surface area contributed by atoms with Crippen molar-refractivity contribution in [2.24, 2.45) is 0 Å². The lowest BCUT2D eigenvalue weighted by molar-refractivity contribution is -0.275.